The molecule has 0 unspecified atom stereocenters. The van der Waals surface area contributed by atoms with E-state index >= 15 is 0 Å². The minimum absolute atomic E-state index is 0.178. The van der Waals surface area contributed by atoms with Crippen LogP contribution in [0.4, 0.5) is 0 Å². The number of carbonyl (C=O) groups is 2. The third kappa shape index (κ3) is 4.07. The number of amides is 2. The van der Waals surface area contributed by atoms with Crippen molar-refractivity contribution in [2.75, 3.05) is 6.54 Å². The van der Waals surface area contributed by atoms with Gasteiger partial charge in [0.25, 0.3) is 0 Å². The lowest BCUT2D eigenvalue weighted by molar-refractivity contribution is -0.216. The number of hydrogen-bond donors (Lipinski definition) is 4. The van der Waals surface area contributed by atoms with Crippen molar-refractivity contribution in [2.24, 2.45) is 5.11 Å². The Kier molecular flexibility index (Phi) is 5.71. The normalized spacial score (nSPS) is 32.9. The third-order valence-electron chi connectivity index (χ3n) is 2.82. The smallest absolute Gasteiger partial charge is 0.217 e. The number of aliphatic hydroxyl groups excluding tert-OH is 2. The molecular formula is C10H17N5O5. The monoisotopic (exact) mass is 287 g/mol. The SMILES string of the molecule is CC(=O)N[C@@H]1[C@@H](O)[C@H](NC(C)=O)[C@@H](CN=[N+]=[N-])O[C@@H]1O. The average molecular weight is 287 g/mol. The molecule has 1 rings (SSSR count). The van der Waals surface area contributed by atoms with Crippen LogP contribution in [0.25, 0.3) is 10.4 Å². The van der Waals surface area contributed by atoms with Crippen LogP contribution in [0.2, 0.25) is 0 Å². The van der Waals surface area contributed by atoms with Gasteiger partial charge in [-0.3, -0.25) is 9.59 Å². The number of ether oxygens (including phenoxy) is 1. The fourth-order valence-corrected chi connectivity index (χ4v) is 2.04. The fourth-order valence-electron chi connectivity index (χ4n) is 2.04. The highest BCUT2D eigenvalue weighted by Gasteiger charge is 2.45. The Morgan fingerprint density at radius 1 is 1.25 bits per heavy atom. The summed E-state index contributed by atoms with van der Waals surface area (Å²) in [6, 6.07) is -2.01. The number of nitrogens with zero attached hydrogens (tertiary/aromatic N) is 3. The molecule has 0 radical (unpaired) electrons. The van der Waals surface area contributed by atoms with Gasteiger partial charge >= 0.3 is 0 Å². The van der Waals surface area contributed by atoms with E-state index in [2.05, 4.69) is 20.7 Å². The molecule has 1 saturated heterocycles. The van der Waals surface area contributed by atoms with Crippen LogP contribution >= 0.6 is 0 Å². The molecule has 10 heteroatoms. The summed E-state index contributed by atoms with van der Waals surface area (Å²) >= 11 is 0. The molecule has 0 aliphatic carbocycles. The number of nitrogens with one attached hydrogen (secondary N) is 2. The van der Waals surface area contributed by atoms with E-state index < -0.39 is 42.4 Å². The van der Waals surface area contributed by atoms with E-state index in [9.17, 15) is 19.8 Å². The van der Waals surface area contributed by atoms with E-state index in [0.717, 1.165) is 0 Å². The molecular weight excluding hydrogens is 270 g/mol. The first-order chi connectivity index (χ1) is 9.36. The Morgan fingerprint density at radius 3 is 2.30 bits per heavy atom. The van der Waals surface area contributed by atoms with Crippen molar-refractivity contribution in [1.29, 1.82) is 0 Å². The number of aliphatic hydroxyl groups is 2. The topological polar surface area (TPSA) is 157 Å². The number of hydrogen-bond acceptors (Lipinski definition) is 6. The van der Waals surface area contributed by atoms with Crippen LogP contribution in [0, 0.1) is 0 Å². The molecule has 0 saturated carbocycles. The summed E-state index contributed by atoms with van der Waals surface area (Å²) in [6.07, 6.45) is -3.66. The maximum absolute atomic E-state index is 11.2. The molecule has 112 valence electrons. The van der Waals surface area contributed by atoms with Crippen LogP contribution in [0.1, 0.15) is 13.8 Å². The van der Waals surface area contributed by atoms with Gasteiger partial charge in [-0.05, 0) is 5.53 Å². The van der Waals surface area contributed by atoms with Crippen LogP contribution in [-0.2, 0) is 14.3 Å². The zero-order chi connectivity index (χ0) is 15.3. The minimum Gasteiger partial charge on any atom is -0.389 e. The number of azide groups is 1. The summed E-state index contributed by atoms with van der Waals surface area (Å²) in [5, 5.41) is 28.0. The van der Waals surface area contributed by atoms with E-state index in [1.807, 2.05) is 0 Å². The molecule has 5 atom stereocenters. The Labute approximate surface area is 114 Å². The van der Waals surface area contributed by atoms with E-state index in [4.69, 9.17) is 10.3 Å². The predicted molar refractivity (Wildman–Crippen MR) is 66.1 cm³/mol. The summed E-state index contributed by atoms with van der Waals surface area (Å²) in [7, 11) is 0. The van der Waals surface area contributed by atoms with Crippen LogP contribution in [0.5, 0.6) is 0 Å². The fraction of sp³-hybridized carbons (Fsp3) is 0.800. The predicted octanol–water partition coefficient (Wildman–Crippen LogP) is -1.62. The van der Waals surface area contributed by atoms with Gasteiger partial charge in [-0.2, -0.15) is 0 Å². The van der Waals surface area contributed by atoms with Gasteiger partial charge < -0.3 is 25.6 Å². The first-order valence-corrected chi connectivity index (χ1v) is 5.93. The highest BCUT2D eigenvalue weighted by molar-refractivity contribution is 5.74. The molecule has 4 N–H and O–H groups in total. The van der Waals surface area contributed by atoms with Crippen molar-refractivity contribution in [2.45, 2.75) is 44.4 Å². The lowest BCUT2D eigenvalue weighted by Gasteiger charge is -2.42. The minimum atomic E-state index is -1.47. The maximum atomic E-state index is 11.2. The van der Waals surface area contributed by atoms with Crippen molar-refractivity contribution in [3.63, 3.8) is 0 Å². The summed E-state index contributed by atoms with van der Waals surface area (Å²) < 4.78 is 5.19. The second kappa shape index (κ2) is 7.06. The van der Waals surface area contributed by atoms with Gasteiger partial charge in [0.05, 0.1) is 18.7 Å². The van der Waals surface area contributed by atoms with E-state index in [0.29, 0.717) is 0 Å². The molecule has 0 aromatic rings. The van der Waals surface area contributed by atoms with Gasteiger partial charge in [0.15, 0.2) is 6.29 Å². The van der Waals surface area contributed by atoms with Crippen molar-refractivity contribution in [1.82, 2.24) is 10.6 Å². The van der Waals surface area contributed by atoms with Crippen molar-refractivity contribution in [3.8, 4) is 0 Å². The molecule has 1 aliphatic rings. The molecule has 0 bridgehead atoms. The summed E-state index contributed by atoms with van der Waals surface area (Å²) in [5.41, 5.74) is 8.30. The standard InChI is InChI=1S/C10H17N5O5/c1-4(16)13-7-6(3-12-15-11)20-10(19)8(9(7)18)14-5(2)17/h6-10,18-19H,3H2,1-2H3,(H,13,16)(H,14,17)/t6-,7-,8-,9+,10+/m1/s1. The van der Waals surface area contributed by atoms with Gasteiger partial charge in [0.2, 0.25) is 11.8 Å². The zero-order valence-corrected chi connectivity index (χ0v) is 11.1. The van der Waals surface area contributed by atoms with E-state index in [1.54, 1.807) is 0 Å². The van der Waals surface area contributed by atoms with Gasteiger partial charge in [0.1, 0.15) is 12.1 Å². The van der Waals surface area contributed by atoms with Gasteiger partial charge in [-0.1, -0.05) is 5.11 Å². The molecule has 0 spiro atoms. The molecule has 0 aromatic carbocycles. The molecule has 10 nitrogen and oxygen atoms in total. The highest BCUT2D eigenvalue weighted by atomic mass is 16.6. The van der Waals surface area contributed by atoms with Gasteiger partial charge in [-0.25, -0.2) is 0 Å². The van der Waals surface area contributed by atoms with Gasteiger partial charge in [-0.15, -0.1) is 0 Å². The summed E-state index contributed by atoms with van der Waals surface area (Å²) in [4.78, 5) is 24.8. The molecule has 1 fully saturated rings. The molecule has 1 heterocycles. The second-order valence-corrected chi connectivity index (χ2v) is 4.42. The van der Waals surface area contributed by atoms with Gasteiger partial charge in [0, 0.05) is 18.8 Å². The largest absolute Gasteiger partial charge is 0.389 e. The molecule has 20 heavy (non-hydrogen) atoms. The van der Waals surface area contributed by atoms with E-state index in [-0.39, 0.29) is 6.54 Å². The maximum Gasteiger partial charge on any atom is 0.217 e. The first-order valence-electron chi connectivity index (χ1n) is 5.93. The third-order valence-corrected chi connectivity index (χ3v) is 2.82. The molecule has 2 amide bonds. The van der Waals surface area contributed by atoms with Crippen LogP contribution in [-0.4, -0.2) is 59.2 Å². The highest BCUT2D eigenvalue weighted by Crippen LogP contribution is 2.20. The number of rotatable bonds is 4. The summed E-state index contributed by atoms with van der Waals surface area (Å²) in [5.74, 6) is -0.895. The van der Waals surface area contributed by atoms with Crippen LogP contribution in [0.3, 0.4) is 0 Å². The second-order valence-electron chi connectivity index (χ2n) is 4.42. The Morgan fingerprint density at radius 2 is 1.80 bits per heavy atom. The Hall–Kier alpha value is -1.87. The zero-order valence-electron chi connectivity index (χ0n) is 11.1. The molecule has 0 aromatic heterocycles. The Balaban J connectivity index is 2.91. The lowest BCUT2D eigenvalue weighted by Crippen LogP contribution is -2.68. The average Bonchev–Trinajstić information content (AvgIpc) is 2.35. The quantitative estimate of drug-likeness (QED) is 0.278. The number of carbonyl (C=O) groups excluding carboxylic acids is 2. The lowest BCUT2D eigenvalue weighted by atomic mass is 9.94. The first kappa shape index (κ1) is 16.2. The van der Waals surface area contributed by atoms with Crippen molar-refractivity contribution in [3.05, 3.63) is 10.4 Å². The summed E-state index contributed by atoms with van der Waals surface area (Å²) in [6.45, 7) is 2.29. The van der Waals surface area contributed by atoms with Crippen molar-refractivity contribution < 1.29 is 24.5 Å². The Bertz CT molecular complexity index is 424. The van der Waals surface area contributed by atoms with Crippen molar-refractivity contribution >= 4 is 11.8 Å². The molecule has 1 aliphatic heterocycles. The van der Waals surface area contributed by atoms with E-state index in [1.165, 1.54) is 13.8 Å². The van der Waals surface area contributed by atoms with Crippen LogP contribution in [0.15, 0.2) is 5.11 Å². The van der Waals surface area contributed by atoms with Crippen LogP contribution < -0.4 is 10.6 Å².